The molecule has 2 rings (SSSR count). The van der Waals surface area contributed by atoms with E-state index in [4.69, 9.17) is 0 Å². The number of rotatable bonds is 1. The molecule has 0 fully saturated rings. The second-order valence-corrected chi connectivity index (χ2v) is 3.88. The Labute approximate surface area is 95.1 Å². The molecule has 0 saturated carbocycles. The Hall–Kier alpha value is -0.970. The fourth-order valence-corrected chi connectivity index (χ4v) is 1.85. The maximum absolute atomic E-state index is 13.0. The monoisotopic (exact) mass is 299 g/mol. The summed E-state index contributed by atoms with van der Waals surface area (Å²) in [5.41, 5.74) is 1.83. The normalized spacial score (nSPS) is 10.1. The van der Waals surface area contributed by atoms with Gasteiger partial charge in [-0.15, -0.1) is 0 Å². The Morgan fingerprint density at radius 3 is 2.57 bits per heavy atom. The van der Waals surface area contributed by atoms with Gasteiger partial charge in [-0.1, -0.05) is 30.3 Å². The fraction of sp³-hybridized carbons (Fsp3) is 0. The number of hydrogen-bond donors (Lipinski definition) is 0. The molecular weight excluding hydrogens is 292 g/mol. The van der Waals surface area contributed by atoms with Crippen LogP contribution in [0.4, 0.5) is 4.39 Å². The van der Waals surface area contributed by atoms with Crippen molar-refractivity contribution >= 4 is 22.6 Å². The predicted molar refractivity (Wildman–Crippen MR) is 62.3 cm³/mol. The molecule has 1 nitrogen and oxygen atoms in total. The highest BCUT2D eigenvalue weighted by Crippen LogP contribution is 2.23. The van der Waals surface area contributed by atoms with Gasteiger partial charge in [-0.3, -0.25) is 0 Å². The van der Waals surface area contributed by atoms with E-state index in [9.17, 15) is 4.39 Å². The topological polar surface area (TPSA) is 12.9 Å². The number of benzene rings is 1. The number of nitrogens with zero attached hydrogens (tertiary/aromatic N) is 1. The lowest BCUT2D eigenvalue weighted by atomic mass is 10.1. The third-order valence-corrected chi connectivity index (χ3v) is 2.75. The van der Waals surface area contributed by atoms with Gasteiger partial charge in [0.05, 0.1) is 6.20 Å². The second-order valence-electron chi connectivity index (χ2n) is 2.86. The van der Waals surface area contributed by atoms with Gasteiger partial charge >= 0.3 is 0 Å². The van der Waals surface area contributed by atoms with Crippen LogP contribution in [0.25, 0.3) is 11.1 Å². The van der Waals surface area contributed by atoms with Crippen molar-refractivity contribution in [1.82, 2.24) is 4.98 Å². The zero-order valence-corrected chi connectivity index (χ0v) is 9.40. The molecule has 3 heteroatoms. The van der Waals surface area contributed by atoms with Crippen molar-refractivity contribution in [3.05, 3.63) is 52.1 Å². The van der Waals surface area contributed by atoms with Gasteiger partial charge in [0.15, 0.2) is 0 Å². The largest absolute Gasteiger partial charge is 0.247 e. The summed E-state index contributed by atoms with van der Waals surface area (Å²) in [6, 6.07) is 11.2. The summed E-state index contributed by atoms with van der Waals surface area (Å²) in [6.07, 6.45) is 1.23. The van der Waals surface area contributed by atoms with E-state index >= 15 is 0 Å². The molecule has 0 N–H and O–H groups in total. The van der Waals surface area contributed by atoms with Crippen LogP contribution in [0.1, 0.15) is 0 Å². The highest BCUT2D eigenvalue weighted by molar-refractivity contribution is 14.1. The minimum absolute atomic E-state index is 0.302. The highest BCUT2D eigenvalue weighted by atomic mass is 127. The molecule has 0 atom stereocenters. The standard InChI is InChI=1S/C11H7FIN/c12-9-6-10(11(13)14-7-9)8-4-2-1-3-5-8/h1-7H. The average molecular weight is 299 g/mol. The number of pyridine rings is 1. The first-order valence-corrected chi connectivity index (χ1v) is 5.22. The van der Waals surface area contributed by atoms with Crippen LogP contribution in [0.5, 0.6) is 0 Å². The summed E-state index contributed by atoms with van der Waals surface area (Å²) >= 11 is 2.10. The molecule has 1 aromatic carbocycles. The van der Waals surface area contributed by atoms with E-state index in [2.05, 4.69) is 27.6 Å². The first-order valence-electron chi connectivity index (χ1n) is 4.14. The van der Waals surface area contributed by atoms with Gasteiger partial charge in [-0.05, 0) is 34.2 Å². The van der Waals surface area contributed by atoms with Crippen molar-refractivity contribution < 1.29 is 4.39 Å². The van der Waals surface area contributed by atoms with Gasteiger partial charge in [-0.25, -0.2) is 9.37 Å². The molecule has 0 bridgehead atoms. The van der Waals surface area contributed by atoms with E-state index in [-0.39, 0.29) is 5.82 Å². The molecule has 2 aromatic rings. The zero-order valence-electron chi connectivity index (χ0n) is 7.24. The summed E-state index contributed by atoms with van der Waals surface area (Å²) in [4.78, 5) is 3.97. The van der Waals surface area contributed by atoms with Gasteiger partial charge in [0, 0.05) is 5.56 Å². The molecule has 1 heterocycles. The number of halogens is 2. The van der Waals surface area contributed by atoms with E-state index in [1.807, 2.05) is 30.3 Å². The first-order chi connectivity index (χ1) is 6.77. The van der Waals surface area contributed by atoms with Crippen LogP contribution in [0.15, 0.2) is 42.6 Å². The Morgan fingerprint density at radius 2 is 1.86 bits per heavy atom. The van der Waals surface area contributed by atoms with Crippen LogP contribution in [0.2, 0.25) is 0 Å². The lowest BCUT2D eigenvalue weighted by Crippen LogP contribution is -1.88. The summed E-state index contributed by atoms with van der Waals surface area (Å²) in [5.74, 6) is -0.302. The highest BCUT2D eigenvalue weighted by Gasteiger charge is 2.04. The fourth-order valence-electron chi connectivity index (χ4n) is 1.24. The number of hydrogen-bond acceptors (Lipinski definition) is 1. The minimum Gasteiger partial charge on any atom is -0.247 e. The van der Waals surface area contributed by atoms with E-state index in [1.54, 1.807) is 0 Å². The van der Waals surface area contributed by atoms with Gasteiger partial charge in [0.2, 0.25) is 0 Å². The van der Waals surface area contributed by atoms with Crippen LogP contribution in [0, 0.1) is 9.52 Å². The third-order valence-electron chi connectivity index (χ3n) is 1.89. The van der Waals surface area contributed by atoms with Crippen LogP contribution in [-0.4, -0.2) is 4.98 Å². The lowest BCUT2D eigenvalue weighted by Gasteiger charge is -2.03. The van der Waals surface area contributed by atoms with Crippen LogP contribution in [-0.2, 0) is 0 Å². The Kier molecular flexibility index (Phi) is 2.77. The molecule has 0 unspecified atom stereocenters. The number of aromatic nitrogens is 1. The first kappa shape index (κ1) is 9.58. The third kappa shape index (κ3) is 1.92. The van der Waals surface area contributed by atoms with E-state index in [0.717, 1.165) is 14.8 Å². The molecule has 0 spiro atoms. The van der Waals surface area contributed by atoms with Crippen LogP contribution in [0.3, 0.4) is 0 Å². The lowest BCUT2D eigenvalue weighted by molar-refractivity contribution is 0.621. The molecule has 70 valence electrons. The van der Waals surface area contributed by atoms with Gasteiger partial charge in [0.25, 0.3) is 0 Å². The smallest absolute Gasteiger partial charge is 0.142 e. The Balaban J connectivity index is 2.57. The molecule has 0 amide bonds. The maximum atomic E-state index is 13.0. The molecule has 0 aliphatic carbocycles. The van der Waals surface area contributed by atoms with Crippen molar-refractivity contribution in [3.63, 3.8) is 0 Å². The maximum Gasteiger partial charge on any atom is 0.142 e. The molecule has 14 heavy (non-hydrogen) atoms. The Bertz CT molecular complexity index is 442. The summed E-state index contributed by atoms with van der Waals surface area (Å²) in [5, 5.41) is 0. The van der Waals surface area contributed by atoms with Crippen molar-refractivity contribution in [2.75, 3.05) is 0 Å². The van der Waals surface area contributed by atoms with Gasteiger partial charge < -0.3 is 0 Å². The second kappa shape index (κ2) is 4.04. The van der Waals surface area contributed by atoms with E-state index < -0.39 is 0 Å². The molecule has 0 aliphatic rings. The predicted octanol–water partition coefficient (Wildman–Crippen LogP) is 3.49. The zero-order chi connectivity index (χ0) is 9.97. The van der Waals surface area contributed by atoms with E-state index in [1.165, 1.54) is 12.3 Å². The SMILES string of the molecule is Fc1cnc(I)c(-c2ccccc2)c1. The minimum atomic E-state index is -0.302. The van der Waals surface area contributed by atoms with Crippen molar-refractivity contribution in [1.29, 1.82) is 0 Å². The summed E-state index contributed by atoms with van der Waals surface area (Å²) in [7, 11) is 0. The van der Waals surface area contributed by atoms with Gasteiger partial charge in [-0.2, -0.15) is 0 Å². The molecular formula is C11H7FIN. The summed E-state index contributed by atoms with van der Waals surface area (Å²) in [6.45, 7) is 0. The van der Waals surface area contributed by atoms with Crippen LogP contribution >= 0.6 is 22.6 Å². The van der Waals surface area contributed by atoms with Gasteiger partial charge in [0.1, 0.15) is 9.52 Å². The van der Waals surface area contributed by atoms with Crippen molar-refractivity contribution in [2.45, 2.75) is 0 Å². The molecule has 0 aliphatic heterocycles. The van der Waals surface area contributed by atoms with Crippen molar-refractivity contribution in [2.24, 2.45) is 0 Å². The van der Waals surface area contributed by atoms with Crippen LogP contribution < -0.4 is 0 Å². The summed E-state index contributed by atoms with van der Waals surface area (Å²) < 4.78 is 13.8. The van der Waals surface area contributed by atoms with Crippen molar-refractivity contribution in [3.8, 4) is 11.1 Å². The average Bonchev–Trinajstić information content (AvgIpc) is 2.23. The molecule has 0 radical (unpaired) electrons. The Morgan fingerprint density at radius 1 is 1.14 bits per heavy atom. The van der Waals surface area contributed by atoms with E-state index in [0.29, 0.717) is 0 Å². The quantitative estimate of drug-likeness (QED) is 0.580. The molecule has 0 saturated heterocycles. The molecule has 1 aromatic heterocycles.